The van der Waals surface area contributed by atoms with Gasteiger partial charge >= 0.3 is 0 Å². The van der Waals surface area contributed by atoms with E-state index in [0.29, 0.717) is 6.61 Å². The van der Waals surface area contributed by atoms with Crippen LogP contribution in [-0.2, 0) is 9.47 Å². The Morgan fingerprint density at radius 2 is 1.77 bits per heavy atom. The van der Waals surface area contributed by atoms with Gasteiger partial charge in [0.05, 0.1) is 19.8 Å². The first-order valence-corrected chi connectivity index (χ1v) is 4.26. The van der Waals surface area contributed by atoms with Crippen molar-refractivity contribution >= 4 is 0 Å². The normalized spacial score (nSPS) is 16.2. The SMILES string of the molecule is CCO[C@@](C)(CO)OC(CO)CO. The van der Waals surface area contributed by atoms with Gasteiger partial charge in [0.1, 0.15) is 6.10 Å². The summed E-state index contributed by atoms with van der Waals surface area (Å²) in [5.74, 6) is -1.15. The molecule has 0 aromatic carbocycles. The van der Waals surface area contributed by atoms with Crippen LogP contribution in [0.25, 0.3) is 0 Å². The molecule has 3 N–H and O–H groups in total. The molecule has 0 saturated heterocycles. The third kappa shape index (κ3) is 4.54. The zero-order valence-electron chi connectivity index (χ0n) is 8.06. The van der Waals surface area contributed by atoms with E-state index in [1.165, 1.54) is 0 Å². The van der Waals surface area contributed by atoms with Crippen LogP contribution in [0.3, 0.4) is 0 Å². The van der Waals surface area contributed by atoms with Crippen LogP contribution < -0.4 is 0 Å². The number of aliphatic hydroxyl groups excluding tert-OH is 3. The molecule has 1 atom stereocenters. The van der Waals surface area contributed by atoms with Gasteiger partial charge in [-0.25, -0.2) is 0 Å². The van der Waals surface area contributed by atoms with Gasteiger partial charge < -0.3 is 24.8 Å². The summed E-state index contributed by atoms with van der Waals surface area (Å²) in [4.78, 5) is 0. The monoisotopic (exact) mass is 194 g/mol. The highest BCUT2D eigenvalue weighted by atomic mass is 16.7. The Hall–Kier alpha value is -0.200. The molecule has 5 heteroatoms. The van der Waals surface area contributed by atoms with E-state index in [-0.39, 0.29) is 19.8 Å². The first-order chi connectivity index (χ1) is 6.11. The van der Waals surface area contributed by atoms with Crippen molar-refractivity contribution in [1.29, 1.82) is 0 Å². The average molecular weight is 194 g/mol. The van der Waals surface area contributed by atoms with Crippen molar-refractivity contribution in [2.24, 2.45) is 0 Å². The fourth-order valence-electron chi connectivity index (χ4n) is 0.907. The number of aliphatic hydroxyl groups is 3. The van der Waals surface area contributed by atoms with Crippen molar-refractivity contribution in [3.05, 3.63) is 0 Å². The van der Waals surface area contributed by atoms with Gasteiger partial charge in [-0.15, -0.1) is 0 Å². The van der Waals surface area contributed by atoms with E-state index in [2.05, 4.69) is 0 Å². The van der Waals surface area contributed by atoms with Crippen LogP contribution >= 0.6 is 0 Å². The number of hydrogen-bond donors (Lipinski definition) is 3. The lowest BCUT2D eigenvalue weighted by atomic mass is 10.3. The smallest absolute Gasteiger partial charge is 0.189 e. The lowest BCUT2D eigenvalue weighted by molar-refractivity contribution is -0.270. The van der Waals surface area contributed by atoms with Gasteiger partial charge in [0.25, 0.3) is 0 Å². The van der Waals surface area contributed by atoms with Crippen molar-refractivity contribution < 1.29 is 24.8 Å². The Bertz CT molecular complexity index is 126. The Balaban J connectivity index is 4.07. The molecule has 0 radical (unpaired) electrons. The summed E-state index contributed by atoms with van der Waals surface area (Å²) in [6.07, 6.45) is -0.719. The quantitative estimate of drug-likeness (QED) is 0.458. The minimum absolute atomic E-state index is 0.306. The summed E-state index contributed by atoms with van der Waals surface area (Å²) in [5.41, 5.74) is 0. The first kappa shape index (κ1) is 12.8. The van der Waals surface area contributed by atoms with Crippen LogP contribution in [0.5, 0.6) is 0 Å². The van der Waals surface area contributed by atoms with E-state index >= 15 is 0 Å². The predicted molar refractivity (Wildman–Crippen MR) is 46.2 cm³/mol. The van der Waals surface area contributed by atoms with Crippen molar-refractivity contribution in [3.63, 3.8) is 0 Å². The summed E-state index contributed by atoms with van der Waals surface area (Å²) >= 11 is 0. The molecule has 0 saturated carbocycles. The van der Waals surface area contributed by atoms with E-state index in [9.17, 15) is 0 Å². The van der Waals surface area contributed by atoms with Gasteiger partial charge in [-0.2, -0.15) is 0 Å². The van der Waals surface area contributed by atoms with Crippen LogP contribution in [0, 0.1) is 0 Å². The highest BCUT2D eigenvalue weighted by Crippen LogP contribution is 2.14. The molecule has 0 fully saturated rings. The van der Waals surface area contributed by atoms with Crippen molar-refractivity contribution in [2.45, 2.75) is 25.7 Å². The summed E-state index contributed by atoms with van der Waals surface area (Å²) in [6.45, 7) is 2.77. The second kappa shape index (κ2) is 6.28. The molecule has 0 bridgehead atoms. The molecule has 0 unspecified atom stereocenters. The van der Waals surface area contributed by atoms with Gasteiger partial charge in [-0.3, -0.25) is 0 Å². The van der Waals surface area contributed by atoms with Crippen molar-refractivity contribution in [1.82, 2.24) is 0 Å². The van der Waals surface area contributed by atoms with Crippen LogP contribution in [0.4, 0.5) is 0 Å². The summed E-state index contributed by atoms with van der Waals surface area (Å²) < 4.78 is 10.3. The molecule has 0 aromatic heterocycles. The second-order valence-corrected chi connectivity index (χ2v) is 2.83. The van der Waals surface area contributed by atoms with Crippen LogP contribution in [0.2, 0.25) is 0 Å². The number of ether oxygens (including phenoxy) is 2. The van der Waals surface area contributed by atoms with Gasteiger partial charge in [0.2, 0.25) is 0 Å². The van der Waals surface area contributed by atoms with E-state index < -0.39 is 11.9 Å². The fraction of sp³-hybridized carbons (Fsp3) is 1.00. The van der Waals surface area contributed by atoms with E-state index in [1.807, 2.05) is 0 Å². The lowest BCUT2D eigenvalue weighted by Gasteiger charge is -2.30. The van der Waals surface area contributed by atoms with Gasteiger partial charge in [0, 0.05) is 6.61 Å². The molecule has 0 rings (SSSR count). The zero-order chi connectivity index (χ0) is 10.3. The summed E-state index contributed by atoms with van der Waals surface area (Å²) in [6, 6.07) is 0. The minimum atomic E-state index is -1.15. The lowest BCUT2D eigenvalue weighted by Crippen LogP contribution is -2.42. The highest BCUT2D eigenvalue weighted by Gasteiger charge is 2.28. The van der Waals surface area contributed by atoms with Gasteiger partial charge in [-0.05, 0) is 13.8 Å². The molecule has 0 aliphatic carbocycles. The highest BCUT2D eigenvalue weighted by molar-refractivity contribution is 4.65. The molecule has 0 aliphatic rings. The van der Waals surface area contributed by atoms with Crippen LogP contribution in [0.15, 0.2) is 0 Å². The number of rotatable bonds is 7. The topological polar surface area (TPSA) is 79.2 Å². The third-order valence-corrected chi connectivity index (χ3v) is 1.56. The van der Waals surface area contributed by atoms with Crippen molar-refractivity contribution in [3.8, 4) is 0 Å². The molecule has 0 amide bonds. The molecule has 13 heavy (non-hydrogen) atoms. The summed E-state index contributed by atoms with van der Waals surface area (Å²) in [5, 5.41) is 26.4. The third-order valence-electron chi connectivity index (χ3n) is 1.56. The van der Waals surface area contributed by atoms with Crippen LogP contribution in [-0.4, -0.2) is 53.6 Å². The second-order valence-electron chi connectivity index (χ2n) is 2.83. The fourth-order valence-corrected chi connectivity index (χ4v) is 0.907. The molecule has 0 spiro atoms. The molecule has 0 heterocycles. The van der Waals surface area contributed by atoms with E-state index in [1.54, 1.807) is 13.8 Å². The largest absolute Gasteiger partial charge is 0.394 e. The molecule has 5 nitrogen and oxygen atoms in total. The Morgan fingerprint density at radius 3 is 2.08 bits per heavy atom. The minimum Gasteiger partial charge on any atom is -0.394 e. The van der Waals surface area contributed by atoms with Crippen LogP contribution in [0.1, 0.15) is 13.8 Å². The maximum absolute atomic E-state index is 8.94. The molecular formula is C8H18O5. The first-order valence-electron chi connectivity index (χ1n) is 4.26. The maximum Gasteiger partial charge on any atom is 0.189 e. The average Bonchev–Trinajstić information content (AvgIpc) is 2.15. The Kier molecular flexibility index (Phi) is 6.19. The van der Waals surface area contributed by atoms with E-state index in [0.717, 1.165) is 0 Å². The molecule has 0 aromatic rings. The zero-order valence-corrected chi connectivity index (χ0v) is 8.06. The Morgan fingerprint density at radius 1 is 1.23 bits per heavy atom. The predicted octanol–water partition coefficient (Wildman–Crippen LogP) is -0.899. The summed E-state index contributed by atoms with van der Waals surface area (Å²) in [7, 11) is 0. The maximum atomic E-state index is 8.94. The molecule has 0 aliphatic heterocycles. The van der Waals surface area contributed by atoms with Gasteiger partial charge in [-0.1, -0.05) is 0 Å². The van der Waals surface area contributed by atoms with Crippen molar-refractivity contribution in [2.75, 3.05) is 26.4 Å². The standard InChI is InChI=1S/C8H18O5/c1-3-12-8(2,6-11)13-7(4-9)5-10/h7,9-11H,3-6H2,1-2H3/t8-/m1/s1. The van der Waals surface area contributed by atoms with Gasteiger partial charge in [0.15, 0.2) is 5.79 Å². The van der Waals surface area contributed by atoms with E-state index in [4.69, 9.17) is 24.8 Å². The molecule has 80 valence electrons. The number of hydrogen-bond acceptors (Lipinski definition) is 5. The molecular weight excluding hydrogens is 176 g/mol. The Labute approximate surface area is 77.9 Å².